The van der Waals surface area contributed by atoms with Gasteiger partial charge in [0.1, 0.15) is 113 Å². The SMILES string of the molecule is CC(=O)OC[C@H]1O[C@@H](SC[C@H]2O[C@@H](SC[C@H]3O[C@@H](SC[C@H]4O[C@@H](S)[C@H](OC(C)=O)[C@@H](S[C@@H]5O[C@H](COC(C)=O)[C@@H](OC(C)=O)[C@H](OC(C)=O)[C@H]5OC(C)=O)[C@@H]4OC(C)=O)[C@H](O)[C@@H](O)[C@@H]3O)[C@H](OC(C)=O)[C@@H](S[C@@H]3O[C@H](COC(C)=O)[C@@H](OC(C)=O)[C@H](OC(C)=O)[C@H]3OC(C)=O)[C@@H]2OC(C)=O)[C@H](OC(C)=O)[C@@H](OC(C)=O)[C@@H]1OC(C)=O. The molecule has 41 nitrogen and oxygen atoms in total. The molecule has 115 heavy (non-hydrogen) atoms. The summed E-state index contributed by atoms with van der Waals surface area (Å²) in [6.07, 6.45) is -37.3. The van der Waals surface area contributed by atoms with Gasteiger partial charge in [0.05, 0.1) is 16.6 Å². The fourth-order valence-corrected chi connectivity index (χ4v) is 20.4. The van der Waals surface area contributed by atoms with Crippen LogP contribution in [0.3, 0.4) is 0 Å². The van der Waals surface area contributed by atoms with E-state index in [0.29, 0.717) is 47.0 Å². The third-order valence-corrected chi connectivity index (χ3v) is 23.9. The Morgan fingerprint density at radius 1 is 0.243 bits per heavy atom. The highest BCUT2D eigenvalue weighted by Crippen LogP contribution is 2.48. The summed E-state index contributed by atoms with van der Waals surface area (Å²) in [5, 5.41) is 32.5. The van der Waals surface area contributed by atoms with Crippen molar-refractivity contribution in [3.8, 4) is 0 Å². The number of thioether (sulfide) groups is 5. The van der Waals surface area contributed by atoms with E-state index in [-0.39, 0.29) is 0 Å². The third kappa shape index (κ3) is 28.8. The van der Waals surface area contributed by atoms with Crippen molar-refractivity contribution in [2.45, 2.75) is 288 Å². The lowest BCUT2D eigenvalue weighted by atomic mass is 9.99. The van der Waals surface area contributed by atoms with Crippen molar-refractivity contribution < 1.29 is 196 Å². The summed E-state index contributed by atoms with van der Waals surface area (Å²) in [5.74, 6) is -16.8. The van der Waals surface area contributed by atoms with Gasteiger partial charge in [-0.05, 0) is 0 Å². The molecule has 0 aromatic heterocycles. The molecule has 47 heteroatoms. The molecule has 0 aliphatic carbocycles. The summed E-state index contributed by atoms with van der Waals surface area (Å²) >= 11 is 8.06. The molecule has 30 atom stereocenters. The second kappa shape index (κ2) is 44.9. The topological polar surface area (TPSA) is 537 Å². The van der Waals surface area contributed by atoms with Gasteiger partial charge < -0.3 is 120 Å². The zero-order valence-corrected chi connectivity index (χ0v) is 69.9. The molecular formula is C68H94O41S6. The number of aliphatic hydroxyl groups excluding tert-OH is 3. The predicted molar refractivity (Wildman–Crippen MR) is 391 cm³/mol. The molecule has 0 aromatic carbocycles. The Morgan fingerprint density at radius 3 is 0.817 bits per heavy atom. The molecular weight excluding hydrogens is 1670 g/mol. The molecule has 0 aromatic rings. The predicted octanol–water partition coefficient (Wildman–Crippen LogP) is -0.447. The zero-order valence-electron chi connectivity index (χ0n) is 64.9. The number of carbonyl (C=O) groups is 16. The van der Waals surface area contributed by atoms with E-state index in [4.69, 9.17) is 104 Å². The van der Waals surface area contributed by atoms with E-state index < -0.39 is 310 Å². The van der Waals surface area contributed by atoms with Crippen LogP contribution in [0.5, 0.6) is 0 Å². The van der Waals surface area contributed by atoms with Crippen LogP contribution in [0.1, 0.15) is 111 Å². The Labute approximate surface area is 684 Å². The van der Waals surface area contributed by atoms with Gasteiger partial charge in [0.25, 0.3) is 0 Å². The number of esters is 16. The van der Waals surface area contributed by atoms with Crippen molar-refractivity contribution in [1.29, 1.82) is 0 Å². The minimum Gasteiger partial charge on any atom is -0.463 e. The summed E-state index contributed by atoms with van der Waals surface area (Å²) in [6.45, 7) is 14.0. The van der Waals surface area contributed by atoms with Gasteiger partial charge in [-0.15, -0.1) is 71.4 Å². The van der Waals surface area contributed by atoms with Crippen molar-refractivity contribution in [3.05, 3.63) is 0 Å². The Kier molecular flexibility index (Phi) is 37.9. The molecule has 6 heterocycles. The van der Waals surface area contributed by atoms with Gasteiger partial charge in [-0.3, -0.25) is 76.7 Å². The van der Waals surface area contributed by atoms with Crippen molar-refractivity contribution in [2.75, 3.05) is 37.1 Å². The number of rotatable bonds is 32. The molecule has 0 spiro atoms. The fourth-order valence-electron chi connectivity index (χ4n) is 12.8. The highest BCUT2D eigenvalue weighted by atomic mass is 32.2. The molecule has 6 rings (SSSR count). The molecule has 6 fully saturated rings. The number of thiol groups is 1. The van der Waals surface area contributed by atoms with Crippen molar-refractivity contribution in [3.63, 3.8) is 0 Å². The summed E-state index contributed by atoms with van der Waals surface area (Å²) < 4.78 is 129. The van der Waals surface area contributed by atoms with E-state index >= 15 is 0 Å². The van der Waals surface area contributed by atoms with Crippen LogP contribution in [0.4, 0.5) is 0 Å². The van der Waals surface area contributed by atoms with E-state index in [1.165, 1.54) is 0 Å². The highest BCUT2D eigenvalue weighted by Gasteiger charge is 2.61. The average molecular weight is 1760 g/mol. The first-order valence-corrected chi connectivity index (χ1v) is 40.8. The number of ether oxygens (including phenoxy) is 22. The number of hydrogen-bond donors (Lipinski definition) is 4. The Balaban J connectivity index is 1.46. The second-order valence-electron chi connectivity index (χ2n) is 26.3. The van der Waals surface area contributed by atoms with E-state index in [1.807, 2.05) is 0 Å². The summed E-state index contributed by atoms with van der Waals surface area (Å²) in [6, 6.07) is 0. The Hall–Kier alpha value is -6.74. The van der Waals surface area contributed by atoms with E-state index in [2.05, 4.69) is 12.6 Å². The molecule has 0 radical (unpaired) electrons. The first-order valence-electron chi connectivity index (χ1n) is 35.3. The van der Waals surface area contributed by atoms with Crippen LogP contribution in [0.25, 0.3) is 0 Å². The number of aliphatic hydroxyl groups is 3. The van der Waals surface area contributed by atoms with Gasteiger partial charge in [0.15, 0.2) is 67.1 Å². The smallest absolute Gasteiger partial charge is 0.303 e. The van der Waals surface area contributed by atoms with Gasteiger partial charge in [-0.2, -0.15) is 0 Å². The summed E-state index contributed by atoms with van der Waals surface area (Å²) in [5.41, 5.74) is -9.59. The van der Waals surface area contributed by atoms with Crippen molar-refractivity contribution in [2.24, 2.45) is 0 Å². The molecule has 648 valence electrons. The van der Waals surface area contributed by atoms with Crippen LogP contribution < -0.4 is 0 Å². The van der Waals surface area contributed by atoms with Crippen LogP contribution in [0.15, 0.2) is 0 Å². The van der Waals surface area contributed by atoms with E-state index in [9.17, 15) is 92.0 Å². The number of hydrogen-bond acceptors (Lipinski definition) is 47. The molecule has 0 saturated carbocycles. The lowest BCUT2D eigenvalue weighted by Gasteiger charge is -2.49. The normalized spacial score (nSPS) is 35.0. The molecule has 0 amide bonds. The van der Waals surface area contributed by atoms with Crippen molar-refractivity contribution >= 4 is 167 Å². The van der Waals surface area contributed by atoms with Crippen LogP contribution in [0, 0.1) is 0 Å². The van der Waals surface area contributed by atoms with Crippen LogP contribution >= 0.6 is 71.4 Å². The molecule has 0 unspecified atom stereocenters. The van der Waals surface area contributed by atoms with E-state index in [0.717, 1.165) is 123 Å². The minimum atomic E-state index is -2.08. The first-order chi connectivity index (χ1) is 53.8. The largest absolute Gasteiger partial charge is 0.463 e. The monoisotopic (exact) mass is 1760 g/mol. The molecule has 0 bridgehead atoms. The maximum atomic E-state index is 13.7. The third-order valence-electron chi connectivity index (χ3n) is 16.8. The second-order valence-corrected chi connectivity index (χ2v) is 32.8. The van der Waals surface area contributed by atoms with Crippen LogP contribution in [0.2, 0.25) is 0 Å². The fraction of sp³-hybridized carbons (Fsp3) is 0.765. The summed E-state index contributed by atoms with van der Waals surface area (Å²) in [7, 11) is 0. The number of carbonyl (C=O) groups excluding carboxylic acids is 16. The van der Waals surface area contributed by atoms with Crippen LogP contribution in [-0.2, 0) is 181 Å². The lowest BCUT2D eigenvalue weighted by Crippen LogP contribution is -2.64. The minimum absolute atomic E-state index is 0.420. The zero-order chi connectivity index (χ0) is 85.9. The average Bonchev–Trinajstić information content (AvgIpc) is 0.784. The molecule has 6 aliphatic heterocycles. The lowest BCUT2D eigenvalue weighted by molar-refractivity contribution is -0.238. The maximum Gasteiger partial charge on any atom is 0.303 e. The highest BCUT2D eigenvalue weighted by molar-refractivity contribution is 8.01. The first kappa shape index (κ1) is 97.1. The van der Waals surface area contributed by atoms with Gasteiger partial charge in [0.2, 0.25) is 0 Å². The maximum absolute atomic E-state index is 13.7. The van der Waals surface area contributed by atoms with Crippen LogP contribution in [-0.4, -0.2) is 325 Å². The quantitative estimate of drug-likeness (QED) is 0.0376. The van der Waals surface area contributed by atoms with Crippen molar-refractivity contribution in [1.82, 2.24) is 0 Å². The molecule has 6 saturated heterocycles. The van der Waals surface area contributed by atoms with Gasteiger partial charge >= 0.3 is 95.5 Å². The Morgan fingerprint density at radius 2 is 0.478 bits per heavy atom. The van der Waals surface area contributed by atoms with Gasteiger partial charge in [-0.1, -0.05) is 0 Å². The van der Waals surface area contributed by atoms with Gasteiger partial charge in [0, 0.05) is 128 Å². The summed E-state index contributed by atoms with van der Waals surface area (Å²) in [4.78, 5) is 207. The molecule has 6 aliphatic rings. The van der Waals surface area contributed by atoms with E-state index in [1.54, 1.807) is 0 Å². The molecule has 3 N–H and O–H groups in total. The standard InChI is InChI=1S/C68H94O41S6/c1-23(69)88-17-39-48(91-26(4)72)53(96-31(9)77)56(99-34(12)80)65(105-39)113-22-44-52(95-30(8)76)62(115-68-58(101-36(14)82)55(98-33(11)79)50(93-28(6)74)41(107-68)19-90-25(3)71)60(103-38(16)84)66(109-44)112-20-42-45(85)46(86)47(87)64(108-42)111-21-43-51(94-29(7)75)61(59(63(110)104-43)102-37(15)83)114-67-57(100-35(13)81)54(97-32(10)78)49(92-27(5)73)40(106-67)18-89-24(2)70/h39-68,85-87,110H,17-22H2,1-16H3/t39-,40-,41-,42-,43-,44-,45-,46+,47-,48-,49-,50-,51-,52-,53+,54+,55+,56-,57-,58-,59-,60-,61+,62+,63+,64+,65+,66+,67+,68+/m1/s1. The van der Waals surface area contributed by atoms with Gasteiger partial charge in [-0.25, -0.2) is 0 Å². The Bertz CT molecular complexity index is 3480.